The lowest BCUT2D eigenvalue weighted by Crippen LogP contribution is -2.41. The summed E-state index contributed by atoms with van der Waals surface area (Å²) in [6.45, 7) is 9.39. The number of nitrogens with zero attached hydrogens (tertiary/aromatic N) is 1. The van der Waals surface area contributed by atoms with Gasteiger partial charge in [0.25, 0.3) is 5.82 Å². The molecule has 2 heteroatoms. The van der Waals surface area contributed by atoms with Crippen molar-refractivity contribution in [2.75, 3.05) is 0 Å². The Morgan fingerprint density at radius 3 is 1.21 bits per heavy atom. The van der Waals surface area contributed by atoms with Gasteiger partial charge >= 0.3 is 0 Å². The van der Waals surface area contributed by atoms with Crippen LogP contribution in [0, 0.1) is 0 Å². The normalized spacial score (nSPS) is 13.2. The lowest BCUT2D eigenvalue weighted by atomic mass is 9.92. The van der Waals surface area contributed by atoms with Crippen LogP contribution in [0.25, 0.3) is 0 Å². The smallest absolute Gasteiger partial charge is 0.247 e. The second kappa shape index (κ2) is 27.4. The molecule has 0 aromatic carbocycles. The van der Waals surface area contributed by atoms with Gasteiger partial charge in [0.15, 0.2) is 0 Å². The molecule has 230 valence electrons. The van der Waals surface area contributed by atoms with E-state index in [4.69, 9.17) is 0 Å². The molecule has 2 nitrogen and oxygen atoms in total. The number of rotatable bonds is 30. The molecular formula is C37H73N2+. The van der Waals surface area contributed by atoms with Crippen molar-refractivity contribution in [3.63, 3.8) is 0 Å². The summed E-state index contributed by atoms with van der Waals surface area (Å²) in [5, 5.41) is 0. The van der Waals surface area contributed by atoms with Crippen LogP contribution in [0.4, 0.5) is 0 Å². The molecule has 0 aliphatic rings. The van der Waals surface area contributed by atoms with Crippen LogP contribution in [-0.2, 0) is 0 Å². The molecule has 0 spiro atoms. The predicted octanol–water partition coefficient (Wildman–Crippen LogP) is 12.9. The third-order valence-electron chi connectivity index (χ3n) is 9.14. The maximum absolute atomic E-state index is 3.73. The van der Waals surface area contributed by atoms with Crippen molar-refractivity contribution >= 4 is 0 Å². The van der Waals surface area contributed by atoms with Gasteiger partial charge in [-0.2, -0.15) is 0 Å². The maximum atomic E-state index is 3.73. The van der Waals surface area contributed by atoms with Crippen LogP contribution in [-0.4, -0.2) is 4.98 Å². The molecule has 0 saturated carbocycles. The van der Waals surface area contributed by atoms with Gasteiger partial charge in [-0.05, 0) is 32.6 Å². The molecule has 1 aromatic heterocycles. The summed E-state index contributed by atoms with van der Waals surface area (Å²) in [6, 6.07) is 0.621. The van der Waals surface area contributed by atoms with Crippen LogP contribution in [0.15, 0.2) is 12.4 Å². The molecule has 0 amide bonds. The van der Waals surface area contributed by atoms with Crippen LogP contribution >= 0.6 is 0 Å². The Morgan fingerprint density at radius 2 is 0.821 bits per heavy atom. The van der Waals surface area contributed by atoms with E-state index in [-0.39, 0.29) is 0 Å². The summed E-state index contributed by atoms with van der Waals surface area (Å²) < 4.78 is 2.62. The van der Waals surface area contributed by atoms with Crippen molar-refractivity contribution in [2.45, 2.75) is 219 Å². The first-order valence-corrected chi connectivity index (χ1v) is 18.3. The monoisotopic (exact) mass is 546 g/mol. The highest BCUT2D eigenvalue weighted by Gasteiger charge is 2.25. The van der Waals surface area contributed by atoms with Crippen molar-refractivity contribution in [1.82, 2.24) is 4.98 Å². The van der Waals surface area contributed by atoms with Crippen LogP contribution < -0.4 is 4.57 Å². The van der Waals surface area contributed by atoms with Gasteiger partial charge in [0.2, 0.25) is 0 Å². The first kappa shape index (κ1) is 36.2. The lowest BCUT2D eigenvalue weighted by molar-refractivity contribution is -0.727. The van der Waals surface area contributed by atoms with Gasteiger partial charge in [-0.25, -0.2) is 9.55 Å². The zero-order chi connectivity index (χ0) is 28.2. The summed E-state index contributed by atoms with van der Waals surface area (Å²) in [4.78, 5) is 3.73. The van der Waals surface area contributed by atoms with E-state index in [1.54, 1.807) is 0 Å². The second-order valence-corrected chi connectivity index (χ2v) is 12.9. The minimum absolute atomic E-state index is 0.621. The molecule has 2 unspecified atom stereocenters. The topological polar surface area (TPSA) is 19.7 Å². The highest BCUT2D eigenvalue weighted by atomic mass is 15.1. The van der Waals surface area contributed by atoms with Gasteiger partial charge in [0, 0.05) is 0 Å². The summed E-state index contributed by atoms with van der Waals surface area (Å²) in [5.74, 6) is 2.24. The van der Waals surface area contributed by atoms with E-state index in [2.05, 4.69) is 49.6 Å². The number of aromatic amines is 1. The first-order chi connectivity index (χ1) is 19.2. The molecular weight excluding hydrogens is 472 g/mol. The SMILES string of the molecule is CCCCCCCCCCCCCCCC(CCCCCCCCC)c1[nH]cc[n+]1C(C)CCCCCCC. The van der Waals surface area contributed by atoms with Crippen LogP contribution in [0.2, 0.25) is 0 Å². The van der Waals surface area contributed by atoms with E-state index in [9.17, 15) is 0 Å². The number of nitrogens with one attached hydrogen (secondary N) is 1. The molecule has 1 rings (SSSR count). The Balaban J connectivity index is 2.39. The van der Waals surface area contributed by atoms with Gasteiger partial charge in [0.05, 0.1) is 12.0 Å². The standard InChI is InChI=1S/C37H72N2/c1-5-8-11-14-16-17-18-19-20-21-23-26-29-32-36(31-28-25-22-15-12-9-6-2)37-38-33-34-39(37)35(4)30-27-24-13-10-7-3/h33-36H,5-32H2,1-4H3/p+1. The Labute approximate surface area is 246 Å². The number of H-pyrrole nitrogens is 1. The Morgan fingerprint density at radius 1 is 0.487 bits per heavy atom. The highest BCUT2D eigenvalue weighted by molar-refractivity contribution is 4.90. The lowest BCUT2D eigenvalue weighted by Gasteiger charge is -2.17. The molecule has 0 radical (unpaired) electrons. The molecule has 1 heterocycles. The minimum atomic E-state index is 0.621. The molecule has 1 N–H and O–H groups in total. The Kier molecular flexibility index (Phi) is 25.4. The largest absolute Gasteiger partial charge is 0.257 e. The molecule has 0 bridgehead atoms. The van der Waals surface area contributed by atoms with E-state index < -0.39 is 0 Å². The van der Waals surface area contributed by atoms with E-state index in [1.807, 2.05) is 0 Å². The number of aromatic nitrogens is 2. The quantitative estimate of drug-likeness (QED) is 0.0732. The second-order valence-electron chi connectivity index (χ2n) is 12.9. The average molecular weight is 546 g/mol. The van der Waals surface area contributed by atoms with Crippen LogP contribution in [0.3, 0.4) is 0 Å². The van der Waals surface area contributed by atoms with Crippen LogP contribution in [0.5, 0.6) is 0 Å². The summed E-state index contributed by atoms with van der Waals surface area (Å²) in [5.41, 5.74) is 0. The molecule has 1 aromatic rings. The Bertz CT molecular complexity index is 606. The van der Waals surface area contributed by atoms with Gasteiger partial charge in [0.1, 0.15) is 12.4 Å². The minimum Gasteiger partial charge on any atom is -0.247 e. The van der Waals surface area contributed by atoms with Crippen molar-refractivity contribution in [3.8, 4) is 0 Å². The fraction of sp³-hybridized carbons (Fsp3) is 0.919. The van der Waals surface area contributed by atoms with Gasteiger partial charge in [-0.15, -0.1) is 0 Å². The van der Waals surface area contributed by atoms with Crippen LogP contribution in [0.1, 0.15) is 225 Å². The van der Waals surface area contributed by atoms with E-state index in [0.29, 0.717) is 12.0 Å². The first-order valence-electron chi connectivity index (χ1n) is 18.3. The van der Waals surface area contributed by atoms with Gasteiger partial charge in [-0.1, -0.05) is 175 Å². The predicted molar refractivity (Wildman–Crippen MR) is 175 cm³/mol. The maximum Gasteiger partial charge on any atom is 0.257 e. The zero-order valence-electron chi connectivity index (χ0n) is 27.6. The summed E-state index contributed by atoms with van der Waals surface area (Å²) in [6.07, 6.45) is 44.2. The molecule has 2 atom stereocenters. The van der Waals surface area contributed by atoms with E-state index >= 15 is 0 Å². The van der Waals surface area contributed by atoms with Crippen molar-refractivity contribution < 1.29 is 4.57 Å². The Hall–Kier alpha value is -0.790. The number of unbranched alkanes of at least 4 members (excludes halogenated alkanes) is 22. The van der Waals surface area contributed by atoms with Gasteiger partial charge in [-0.3, -0.25) is 0 Å². The van der Waals surface area contributed by atoms with Crippen molar-refractivity contribution in [2.24, 2.45) is 0 Å². The zero-order valence-corrected chi connectivity index (χ0v) is 27.6. The summed E-state index contributed by atoms with van der Waals surface area (Å²) >= 11 is 0. The van der Waals surface area contributed by atoms with E-state index in [1.165, 1.54) is 186 Å². The average Bonchev–Trinajstić information content (AvgIpc) is 3.43. The molecule has 0 fully saturated rings. The molecule has 0 saturated heterocycles. The fourth-order valence-electron chi connectivity index (χ4n) is 6.43. The van der Waals surface area contributed by atoms with Gasteiger partial charge < -0.3 is 0 Å². The van der Waals surface area contributed by atoms with Crippen molar-refractivity contribution in [1.29, 1.82) is 0 Å². The molecule has 0 aliphatic carbocycles. The summed E-state index contributed by atoms with van der Waals surface area (Å²) in [7, 11) is 0. The molecule has 0 aliphatic heterocycles. The number of imidazole rings is 1. The highest BCUT2D eigenvalue weighted by Crippen LogP contribution is 2.27. The van der Waals surface area contributed by atoms with E-state index in [0.717, 1.165) is 0 Å². The fourth-order valence-corrected chi connectivity index (χ4v) is 6.43. The van der Waals surface area contributed by atoms with Crippen molar-refractivity contribution in [3.05, 3.63) is 18.2 Å². The number of hydrogen-bond donors (Lipinski definition) is 1. The third kappa shape index (κ3) is 19.8. The molecule has 39 heavy (non-hydrogen) atoms. The third-order valence-corrected chi connectivity index (χ3v) is 9.14. The number of hydrogen-bond acceptors (Lipinski definition) is 0.